The van der Waals surface area contributed by atoms with Gasteiger partial charge in [-0.15, -0.1) is 11.3 Å². The molecule has 1 N–H and O–H groups in total. The van der Waals surface area contributed by atoms with Gasteiger partial charge in [0.25, 0.3) is 5.91 Å². The Balaban J connectivity index is 1.54. The van der Waals surface area contributed by atoms with E-state index in [9.17, 15) is 23.2 Å². The molecule has 1 aromatic carbocycles. The number of halogens is 5. The normalized spacial score (nSPS) is 15.7. The van der Waals surface area contributed by atoms with Crippen molar-refractivity contribution in [1.82, 2.24) is 14.6 Å². The lowest BCUT2D eigenvalue weighted by Crippen LogP contribution is -2.26. The van der Waals surface area contributed by atoms with E-state index in [-0.39, 0.29) is 21.8 Å². The van der Waals surface area contributed by atoms with Gasteiger partial charge in [-0.2, -0.15) is 23.5 Å². The summed E-state index contributed by atoms with van der Waals surface area (Å²) in [5.41, 5.74) is 0.0259. The highest BCUT2D eigenvalue weighted by atomic mass is 79.9. The van der Waals surface area contributed by atoms with Gasteiger partial charge in [-0.05, 0) is 54.4 Å². The van der Waals surface area contributed by atoms with Crippen LogP contribution in [0.3, 0.4) is 0 Å². The quantitative estimate of drug-likeness (QED) is 0.246. The van der Waals surface area contributed by atoms with E-state index in [4.69, 9.17) is 11.6 Å². The minimum absolute atomic E-state index is 0.0298. The molecule has 1 aliphatic rings. The summed E-state index contributed by atoms with van der Waals surface area (Å²) in [7, 11) is 0. The lowest BCUT2D eigenvalue weighted by Gasteiger charge is -2.33. The summed E-state index contributed by atoms with van der Waals surface area (Å²) >= 11 is 11.0. The van der Waals surface area contributed by atoms with Crippen LogP contribution in [0.1, 0.15) is 59.4 Å². The molecule has 3 heterocycles. The van der Waals surface area contributed by atoms with Crippen LogP contribution in [-0.4, -0.2) is 20.5 Å². The largest absolute Gasteiger partial charge is 0.433 e. The van der Waals surface area contributed by atoms with Crippen LogP contribution in [0.4, 0.5) is 18.2 Å². The number of hydrogen-bond donors (Lipinski definition) is 1. The van der Waals surface area contributed by atoms with E-state index in [0.29, 0.717) is 26.6 Å². The molecule has 0 unspecified atom stereocenters. The zero-order valence-corrected chi connectivity index (χ0v) is 24.2. The van der Waals surface area contributed by atoms with Crippen molar-refractivity contribution in [2.24, 2.45) is 11.3 Å². The van der Waals surface area contributed by atoms with Gasteiger partial charge in [0.2, 0.25) is 0 Å². The van der Waals surface area contributed by atoms with Crippen molar-refractivity contribution >= 4 is 55.4 Å². The standard InChI is InChI=1S/C27H22BrClF3N5OS/c1-26(2,3)14-6-9-16-17(12-33)25(39-19(16)10-14)35-24(38)22-21(29)23-34-18(13-4-7-15(28)8-5-13)11-20(27(30,31)32)37(23)36-22/h4-5,7-8,11,14H,6,9-10H2,1-3H3,(H,35,38)/t14-/m1/s1. The van der Waals surface area contributed by atoms with E-state index in [1.807, 2.05) is 0 Å². The minimum Gasteiger partial charge on any atom is -0.311 e. The molecule has 0 spiro atoms. The van der Waals surface area contributed by atoms with Crippen LogP contribution in [0.2, 0.25) is 5.02 Å². The number of carbonyl (C=O) groups excluding carboxylic acids is 1. The molecule has 0 bridgehead atoms. The Morgan fingerprint density at radius 2 is 1.95 bits per heavy atom. The Kier molecular flexibility index (Phi) is 7.02. The van der Waals surface area contributed by atoms with Crippen molar-refractivity contribution < 1.29 is 18.0 Å². The van der Waals surface area contributed by atoms with Crippen LogP contribution in [0.15, 0.2) is 34.8 Å². The van der Waals surface area contributed by atoms with E-state index in [2.05, 4.69) is 58.2 Å². The molecule has 0 fully saturated rings. The van der Waals surface area contributed by atoms with Gasteiger partial charge in [-0.3, -0.25) is 4.79 Å². The number of nitrogens with one attached hydrogen (secondary N) is 1. The number of hydrogen-bond acceptors (Lipinski definition) is 5. The highest BCUT2D eigenvalue weighted by molar-refractivity contribution is 9.10. The van der Waals surface area contributed by atoms with Gasteiger partial charge in [0.15, 0.2) is 17.0 Å². The van der Waals surface area contributed by atoms with E-state index in [0.717, 1.165) is 40.2 Å². The number of amides is 1. The minimum atomic E-state index is -4.79. The summed E-state index contributed by atoms with van der Waals surface area (Å²) in [6, 6.07) is 9.66. The molecule has 0 saturated heterocycles. The number of thiophene rings is 1. The van der Waals surface area contributed by atoms with Crippen LogP contribution in [0, 0.1) is 22.7 Å². The molecule has 4 aromatic rings. The van der Waals surface area contributed by atoms with Crippen LogP contribution in [-0.2, 0) is 19.0 Å². The van der Waals surface area contributed by atoms with Crippen molar-refractivity contribution in [3.63, 3.8) is 0 Å². The molecule has 3 aromatic heterocycles. The van der Waals surface area contributed by atoms with Gasteiger partial charge < -0.3 is 5.32 Å². The smallest absolute Gasteiger partial charge is 0.311 e. The summed E-state index contributed by atoms with van der Waals surface area (Å²) < 4.78 is 43.4. The molecule has 6 nitrogen and oxygen atoms in total. The van der Waals surface area contributed by atoms with Gasteiger partial charge in [-0.1, -0.05) is 60.4 Å². The first-order valence-corrected chi connectivity index (χ1v) is 14.0. The molecular weight excluding hydrogens is 615 g/mol. The number of rotatable bonds is 3. The highest BCUT2D eigenvalue weighted by Crippen LogP contribution is 2.44. The molecule has 5 rings (SSSR count). The third-order valence-corrected chi connectivity index (χ3v) is 9.05. The molecule has 1 atom stereocenters. The maximum absolute atomic E-state index is 14.0. The number of fused-ring (bicyclic) bond motifs is 2. The molecule has 1 amide bonds. The number of nitrogens with zero attached hydrogens (tertiary/aromatic N) is 4. The Morgan fingerprint density at radius 3 is 2.56 bits per heavy atom. The summed E-state index contributed by atoms with van der Waals surface area (Å²) in [6.45, 7) is 6.54. The Morgan fingerprint density at radius 1 is 1.26 bits per heavy atom. The van der Waals surface area contributed by atoms with E-state index < -0.39 is 23.5 Å². The van der Waals surface area contributed by atoms with Crippen molar-refractivity contribution in [3.05, 3.63) is 67.2 Å². The molecule has 12 heteroatoms. The lowest BCUT2D eigenvalue weighted by molar-refractivity contribution is -0.142. The van der Waals surface area contributed by atoms with Crippen molar-refractivity contribution in [3.8, 4) is 17.3 Å². The van der Waals surface area contributed by atoms with Gasteiger partial charge in [0.1, 0.15) is 16.1 Å². The summed E-state index contributed by atoms with van der Waals surface area (Å²) in [5, 5.41) is 16.5. The van der Waals surface area contributed by atoms with Crippen LogP contribution < -0.4 is 5.32 Å². The predicted octanol–water partition coefficient (Wildman–Crippen LogP) is 8.17. The maximum Gasteiger partial charge on any atom is 0.433 e. The molecule has 39 heavy (non-hydrogen) atoms. The summed E-state index contributed by atoms with van der Waals surface area (Å²) in [4.78, 5) is 18.6. The predicted molar refractivity (Wildman–Crippen MR) is 148 cm³/mol. The number of benzene rings is 1. The van der Waals surface area contributed by atoms with E-state index in [1.165, 1.54) is 11.3 Å². The first-order chi connectivity index (χ1) is 18.3. The second-order valence-electron chi connectivity index (χ2n) is 10.5. The average Bonchev–Trinajstić information content (AvgIpc) is 3.39. The van der Waals surface area contributed by atoms with Gasteiger partial charge in [0.05, 0.1) is 11.3 Å². The molecule has 0 saturated carbocycles. The van der Waals surface area contributed by atoms with Crippen LogP contribution in [0.25, 0.3) is 16.9 Å². The van der Waals surface area contributed by atoms with E-state index >= 15 is 0 Å². The molecule has 0 radical (unpaired) electrons. The van der Waals surface area contributed by atoms with Gasteiger partial charge >= 0.3 is 6.18 Å². The lowest BCUT2D eigenvalue weighted by atomic mass is 9.72. The molecule has 0 aliphatic heterocycles. The van der Waals surface area contributed by atoms with Gasteiger partial charge in [-0.25, -0.2) is 9.50 Å². The third kappa shape index (κ3) is 5.17. The number of carbonyl (C=O) groups is 1. The van der Waals surface area contributed by atoms with E-state index in [1.54, 1.807) is 24.3 Å². The SMILES string of the molecule is CC(C)(C)[C@@H]1CCc2c(sc(NC(=O)c3nn4c(C(F)(F)F)cc(-c5ccc(Br)cc5)nc4c3Cl)c2C#N)C1. The fourth-order valence-electron chi connectivity index (χ4n) is 4.80. The topological polar surface area (TPSA) is 83.1 Å². The Bertz CT molecular complexity index is 1650. The Labute approximate surface area is 239 Å². The highest BCUT2D eigenvalue weighted by Gasteiger charge is 2.37. The van der Waals surface area contributed by atoms with Crippen molar-refractivity contribution in [2.45, 2.75) is 46.2 Å². The molecule has 1 aliphatic carbocycles. The molecule has 202 valence electrons. The van der Waals surface area contributed by atoms with Gasteiger partial charge in [0, 0.05) is 14.9 Å². The first kappa shape index (κ1) is 27.6. The zero-order chi connectivity index (χ0) is 28.3. The average molecular weight is 637 g/mol. The number of aromatic nitrogens is 3. The van der Waals surface area contributed by atoms with Crippen LogP contribution >= 0.6 is 38.9 Å². The zero-order valence-electron chi connectivity index (χ0n) is 21.1. The second kappa shape index (κ2) is 9.91. The third-order valence-electron chi connectivity index (χ3n) is 7.01. The fourth-order valence-corrected chi connectivity index (χ4v) is 6.58. The van der Waals surface area contributed by atoms with Crippen LogP contribution in [0.5, 0.6) is 0 Å². The van der Waals surface area contributed by atoms with Crippen molar-refractivity contribution in [2.75, 3.05) is 5.32 Å². The summed E-state index contributed by atoms with van der Waals surface area (Å²) in [5.74, 6) is -0.385. The maximum atomic E-state index is 14.0. The first-order valence-electron chi connectivity index (χ1n) is 12.1. The molecular formula is C27H22BrClF3N5OS. The monoisotopic (exact) mass is 635 g/mol. The number of nitriles is 1. The fraction of sp³-hybridized carbons (Fsp3) is 0.333. The Hall–Kier alpha value is -2.94. The number of anilines is 1. The second-order valence-corrected chi connectivity index (χ2v) is 12.9. The number of alkyl halides is 3. The summed E-state index contributed by atoms with van der Waals surface area (Å²) in [6.07, 6.45) is -2.35. The van der Waals surface area contributed by atoms with Crippen molar-refractivity contribution in [1.29, 1.82) is 5.26 Å².